The van der Waals surface area contributed by atoms with E-state index in [1.54, 1.807) is 19.9 Å². The lowest BCUT2D eigenvalue weighted by Gasteiger charge is -2.46. The summed E-state index contributed by atoms with van der Waals surface area (Å²) in [6, 6.07) is 4.74. The fraction of sp³-hybridized carbons (Fsp3) is 0.562. The van der Waals surface area contributed by atoms with Crippen molar-refractivity contribution in [1.82, 2.24) is 9.80 Å². The number of likely N-dealkylation sites (tertiary alicyclic amines) is 2. The number of alkyl halides is 6. The van der Waals surface area contributed by atoms with Gasteiger partial charge in [-0.3, -0.25) is 14.5 Å². The van der Waals surface area contributed by atoms with Crippen molar-refractivity contribution in [1.29, 1.82) is 0 Å². The van der Waals surface area contributed by atoms with Gasteiger partial charge in [0.2, 0.25) is 5.91 Å². The quantitative estimate of drug-likeness (QED) is 0.271. The van der Waals surface area contributed by atoms with Crippen LogP contribution in [-0.2, 0) is 26.7 Å². The molecule has 4 rings (SSSR count). The zero-order chi connectivity index (χ0) is 33.5. The molecule has 0 bridgehead atoms. The Bertz CT molecular complexity index is 1380. The molecule has 2 N–H and O–H groups in total. The van der Waals surface area contributed by atoms with Gasteiger partial charge in [-0.25, -0.2) is 4.39 Å². The van der Waals surface area contributed by atoms with Crippen molar-refractivity contribution >= 4 is 11.9 Å². The minimum Gasteiger partial charge on any atom is -0.466 e. The standard InChI is InChI=1S/C32H38F7N3O3/c1-5-45-28(43)20-8-10-41(17-20)25-9-11-42(27(16-25)26-7-6-24(33)12-18(26)2)29(44)30(4,40)19(3)21-13-22(31(34,35)36)15-23(14-21)32(37,38)39/h6-7,12-15,19-20,25,27H,5,8-11,16-17,40H2,1-4H3/t19-,20?,25+,27-,30?/m1/s1. The number of esters is 1. The maximum atomic E-state index is 14.2. The topological polar surface area (TPSA) is 75.9 Å². The summed E-state index contributed by atoms with van der Waals surface area (Å²) in [5.41, 5.74) is 2.51. The van der Waals surface area contributed by atoms with Crippen LogP contribution in [0.2, 0.25) is 0 Å². The predicted octanol–water partition coefficient (Wildman–Crippen LogP) is 6.61. The number of amides is 1. The molecular formula is C32H38F7N3O3. The molecule has 0 aliphatic carbocycles. The zero-order valence-corrected chi connectivity index (χ0v) is 25.6. The second-order valence-electron chi connectivity index (χ2n) is 12.3. The van der Waals surface area contributed by atoms with Crippen LogP contribution in [0, 0.1) is 18.7 Å². The fourth-order valence-electron chi connectivity index (χ4n) is 6.47. The van der Waals surface area contributed by atoms with Crippen molar-refractivity contribution in [3.63, 3.8) is 0 Å². The van der Waals surface area contributed by atoms with Gasteiger partial charge in [0.25, 0.3) is 0 Å². The van der Waals surface area contributed by atoms with Gasteiger partial charge in [0.1, 0.15) is 5.82 Å². The van der Waals surface area contributed by atoms with Gasteiger partial charge in [0.05, 0.1) is 35.2 Å². The van der Waals surface area contributed by atoms with E-state index >= 15 is 0 Å². The molecule has 6 nitrogen and oxygen atoms in total. The third-order valence-corrected chi connectivity index (χ3v) is 9.25. The predicted molar refractivity (Wildman–Crippen MR) is 152 cm³/mol. The summed E-state index contributed by atoms with van der Waals surface area (Å²) in [6.45, 7) is 7.65. The van der Waals surface area contributed by atoms with Crippen molar-refractivity contribution < 1.29 is 45.1 Å². The maximum Gasteiger partial charge on any atom is 0.416 e. The molecule has 0 spiro atoms. The molecule has 13 heteroatoms. The number of nitrogens with two attached hydrogens (primary N) is 1. The lowest BCUT2D eigenvalue weighted by Crippen LogP contribution is -2.59. The van der Waals surface area contributed by atoms with Crippen molar-refractivity contribution in [3.05, 3.63) is 70.0 Å². The molecule has 2 aliphatic rings. The van der Waals surface area contributed by atoms with E-state index in [0.29, 0.717) is 55.6 Å². The first-order valence-corrected chi connectivity index (χ1v) is 14.9. The minimum atomic E-state index is -5.06. The Morgan fingerprint density at radius 2 is 1.62 bits per heavy atom. The number of benzene rings is 2. The van der Waals surface area contributed by atoms with Crippen molar-refractivity contribution in [2.24, 2.45) is 11.7 Å². The van der Waals surface area contributed by atoms with Crippen molar-refractivity contribution in [3.8, 4) is 0 Å². The van der Waals surface area contributed by atoms with Crippen LogP contribution in [0.5, 0.6) is 0 Å². The van der Waals surface area contributed by atoms with E-state index < -0.39 is 52.7 Å². The number of ether oxygens (including phenoxy) is 1. The van der Waals surface area contributed by atoms with E-state index in [4.69, 9.17) is 10.5 Å². The fourth-order valence-corrected chi connectivity index (χ4v) is 6.47. The molecule has 1 amide bonds. The molecule has 0 radical (unpaired) electrons. The molecule has 248 valence electrons. The molecule has 5 atom stereocenters. The number of hydrogen-bond acceptors (Lipinski definition) is 5. The second-order valence-corrected chi connectivity index (χ2v) is 12.3. The second kappa shape index (κ2) is 12.9. The molecule has 2 aromatic carbocycles. The molecule has 2 fully saturated rings. The van der Waals surface area contributed by atoms with Crippen LogP contribution in [0.15, 0.2) is 36.4 Å². The van der Waals surface area contributed by atoms with E-state index in [0.717, 1.165) is 0 Å². The van der Waals surface area contributed by atoms with E-state index in [9.17, 15) is 40.3 Å². The summed E-state index contributed by atoms with van der Waals surface area (Å²) in [5.74, 6) is -2.92. The number of carbonyl (C=O) groups excluding carboxylic acids is 2. The first kappa shape index (κ1) is 34.7. The molecule has 0 aromatic heterocycles. The van der Waals surface area contributed by atoms with Gasteiger partial charge in [-0.15, -0.1) is 0 Å². The third kappa shape index (κ3) is 7.45. The van der Waals surface area contributed by atoms with Crippen molar-refractivity contribution in [2.75, 3.05) is 26.2 Å². The molecule has 45 heavy (non-hydrogen) atoms. The summed E-state index contributed by atoms with van der Waals surface area (Å²) in [6.07, 6.45) is -8.60. The lowest BCUT2D eigenvalue weighted by atomic mass is 9.79. The Hall–Kier alpha value is -3.19. The Morgan fingerprint density at radius 3 is 2.18 bits per heavy atom. The van der Waals surface area contributed by atoms with Crippen LogP contribution in [0.25, 0.3) is 0 Å². The van der Waals surface area contributed by atoms with E-state index in [2.05, 4.69) is 4.90 Å². The Balaban J connectivity index is 1.66. The van der Waals surface area contributed by atoms with E-state index in [1.165, 1.54) is 30.9 Å². The van der Waals surface area contributed by atoms with Crippen LogP contribution in [0.4, 0.5) is 30.7 Å². The number of rotatable bonds is 7. The smallest absolute Gasteiger partial charge is 0.416 e. The van der Waals surface area contributed by atoms with E-state index in [-0.39, 0.29) is 42.7 Å². The van der Waals surface area contributed by atoms with Gasteiger partial charge >= 0.3 is 18.3 Å². The Labute approximate surface area is 257 Å². The van der Waals surface area contributed by atoms with Crippen LogP contribution in [0.3, 0.4) is 0 Å². The van der Waals surface area contributed by atoms with Gasteiger partial charge in [-0.05, 0) is 93.6 Å². The average Bonchev–Trinajstić information content (AvgIpc) is 3.46. The van der Waals surface area contributed by atoms with Crippen LogP contribution < -0.4 is 5.73 Å². The molecule has 2 heterocycles. The lowest BCUT2D eigenvalue weighted by molar-refractivity contribution is -0.147. The minimum absolute atomic E-state index is 0.0366. The normalized spacial score (nSPS) is 23.5. The largest absolute Gasteiger partial charge is 0.466 e. The van der Waals surface area contributed by atoms with Crippen LogP contribution in [0.1, 0.15) is 79.8 Å². The Morgan fingerprint density at radius 1 is 1.00 bits per heavy atom. The maximum absolute atomic E-state index is 14.2. The van der Waals surface area contributed by atoms with E-state index in [1.807, 2.05) is 0 Å². The average molecular weight is 646 g/mol. The van der Waals surface area contributed by atoms with Gasteiger partial charge in [0.15, 0.2) is 0 Å². The zero-order valence-electron chi connectivity index (χ0n) is 25.6. The first-order chi connectivity index (χ1) is 20.8. The monoisotopic (exact) mass is 645 g/mol. The molecule has 2 aromatic rings. The number of nitrogens with zero attached hydrogens (tertiary/aromatic N) is 2. The molecular weight excluding hydrogens is 607 g/mol. The number of aryl methyl sites for hydroxylation is 1. The highest BCUT2D eigenvalue weighted by Gasteiger charge is 2.46. The summed E-state index contributed by atoms with van der Waals surface area (Å²) in [4.78, 5) is 30.2. The van der Waals surface area contributed by atoms with Crippen LogP contribution in [-0.4, -0.2) is 59.5 Å². The summed E-state index contributed by atoms with van der Waals surface area (Å²) in [7, 11) is 0. The third-order valence-electron chi connectivity index (χ3n) is 9.25. The summed E-state index contributed by atoms with van der Waals surface area (Å²) < 4.78 is 101. The highest BCUT2D eigenvalue weighted by Crippen LogP contribution is 2.42. The summed E-state index contributed by atoms with van der Waals surface area (Å²) >= 11 is 0. The highest BCUT2D eigenvalue weighted by atomic mass is 19.4. The molecule has 2 aliphatic heterocycles. The van der Waals surface area contributed by atoms with Gasteiger partial charge < -0.3 is 15.4 Å². The number of piperidine rings is 1. The molecule has 0 saturated carbocycles. The van der Waals surface area contributed by atoms with Crippen LogP contribution >= 0.6 is 0 Å². The number of halogens is 7. The molecule has 2 unspecified atom stereocenters. The first-order valence-electron chi connectivity index (χ1n) is 14.9. The van der Waals surface area contributed by atoms with Crippen molar-refractivity contribution in [2.45, 2.75) is 82.9 Å². The number of carbonyl (C=O) groups is 2. The Kier molecular flexibility index (Phi) is 9.94. The van der Waals surface area contributed by atoms with Gasteiger partial charge in [-0.2, -0.15) is 26.3 Å². The number of hydrogen-bond donors (Lipinski definition) is 1. The summed E-state index contributed by atoms with van der Waals surface area (Å²) in [5, 5.41) is 0. The van der Waals surface area contributed by atoms with Gasteiger partial charge in [-0.1, -0.05) is 13.0 Å². The highest BCUT2D eigenvalue weighted by molar-refractivity contribution is 5.87. The molecule has 2 saturated heterocycles. The SMILES string of the molecule is CCOC(=O)C1CCN([C@H]2CCN(C(=O)C(C)(N)[C@H](C)c3cc(C(F)(F)F)cc(C(F)(F)F)c3)[C@@H](c3ccc(F)cc3C)C2)C1. The van der Waals surface area contributed by atoms with Gasteiger partial charge in [0, 0.05) is 25.0 Å².